The summed E-state index contributed by atoms with van der Waals surface area (Å²) in [5, 5.41) is 10.7. The molecule has 1 atom stereocenters. The first kappa shape index (κ1) is 10.2. The Hall–Kier alpha value is -0.870. The molecule has 1 rings (SSSR count). The Kier molecular flexibility index (Phi) is 2.73. The number of rotatable bonds is 2. The fourth-order valence-electron chi connectivity index (χ4n) is 0.950. The molecule has 0 fully saturated rings. The van der Waals surface area contributed by atoms with E-state index in [1.807, 2.05) is 6.07 Å². The van der Waals surface area contributed by atoms with Gasteiger partial charge in [0, 0.05) is 17.0 Å². The van der Waals surface area contributed by atoms with E-state index in [1.54, 1.807) is 18.2 Å². The number of benzene rings is 1. The second-order valence-corrected chi connectivity index (χ2v) is 4.05. The van der Waals surface area contributed by atoms with Crippen LogP contribution in [0.15, 0.2) is 28.7 Å². The summed E-state index contributed by atoms with van der Waals surface area (Å²) in [6.45, 7) is 1.52. The molecular weight excluding hydrogens is 234 g/mol. The van der Waals surface area contributed by atoms with Gasteiger partial charge in [-0.25, -0.2) is 0 Å². The SMILES string of the molecule is C[C@]([NH3+])(C(=O)[O-])c1cccc(Br)c1. The fraction of sp³-hybridized carbons (Fsp3) is 0.222. The van der Waals surface area contributed by atoms with Gasteiger partial charge in [-0.2, -0.15) is 0 Å². The Morgan fingerprint density at radius 1 is 1.62 bits per heavy atom. The van der Waals surface area contributed by atoms with E-state index >= 15 is 0 Å². The molecule has 0 amide bonds. The molecule has 0 saturated carbocycles. The normalized spacial score (nSPS) is 15.0. The van der Waals surface area contributed by atoms with Crippen LogP contribution in [-0.4, -0.2) is 5.97 Å². The number of aliphatic carboxylic acids is 1. The highest BCUT2D eigenvalue weighted by Crippen LogP contribution is 2.19. The molecule has 0 unspecified atom stereocenters. The minimum atomic E-state index is -1.19. The maximum absolute atomic E-state index is 10.7. The van der Waals surface area contributed by atoms with Crippen LogP contribution in [0.3, 0.4) is 0 Å². The van der Waals surface area contributed by atoms with Crippen molar-refractivity contribution in [3.05, 3.63) is 34.3 Å². The highest BCUT2D eigenvalue weighted by molar-refractivity contribution is 9.10. The molecule has 0 bridgehead atoms. The van der Waals surface area contributed by atoms with E-state index in [1.165, 1.54) is 6.92 Å². The number of hydrogen-bond donors (Lipinski definition) is 1. The predicted octanol–water partition coefficient (Wildman–Crippen LogP) is -0.344. The largest absolute Gasteiger partial charge is 0.543 e. The van der Waals surface area contributed by atoms with Crippen molar-refractivity contribution in [1.29, 1.82) is 0 Å². The summed E-state index contributed by atoms with van der Waals surface area (Å²) in [6.07, 6.45) is 0. The molecule has 0 radical (unpaired) electrons. The van der Waals surface area contributed by atoms with Gasteiger partial charge in [-0.3, -0.25) is 0 Å². The van der Waals surface area contributed by atoms with Crippen molar-refractivity contribution in [3.63, 3.8) is 0 Å². The van der Waals surface area contributed by atoms with Gasteiger partial charge < -0.3 is 15.6 Å². The fourth-order valence-corrected chi connectivity index (χ4v) is 1.35. The number of hydrogen-bond acceptors (Lipinski definition) is 2. The first-order valence-electron chi connectivity index (χ1n) is 3.77. The molecule has 0 aliphatic carbocycles. The second-order valence-electron chi connectivity index (χ2n) is 3.13. The molecule has 0 aliphatic heterocycles. The van der Waals surface area contributed by atoms with Crippen LogP contribution in [0.2, 0.25) is 0 Å². The van der Waals surface area contributed by atoms with Crippen molar-refractivity contribution in [2.75, 3.05) is 0 Å². The zero-order chi connectivity index (χ0) is 10.1. The predicted molar refractivity (Wildman–Crippen MR) is 49.4 cm³/mol. The van der Waals surface area contributed by atoms with Gasteiger partial charge in [-0.15, -0.1) is 0 Å². The van der Waals surface area contributed by atoms with Crippen LogP contribution in [0.25, 0.3) is 0 Å². The van der Waals surface area contributed by atoms with Gasteiger partial charge in [-0.1, -0.05) is 28.1 Å². The van der Waals surface area contributed by atoms with Crippen LogP contribution < -0.4 is 10.8 Å². The molecule has 0 spiro atoms. The summed E-state index contributed by atoms with van der Waals surface area (Å²) < 4.78 is 0.834. The zero-order valence-electron chi connectivity index (χ0n) is 7.21. The van der Waals surface area contributed by atoms with Crippen LogP contribution in [-0.2, 0) is 10.3 Å². The van der Waals surface area contributed by atoms with Crippen molar-refractivity contribution in [1.82, 2.24) is 0 Å². The first-order valence-corrected chi connectivity index (χ1v) is 4.57. The number of carboxylic acid groups (broad SMARTS) is 1. The van der Waals surface area contributed by atoms with Crippen LogP contribution in [0, 0.1) is 0 Å². The molecular formula is C9H10BrNO2. The third-order valence-electron chi connectivity index (χ3n) is 1.91. The third kappa shape index (κ3) is 2.08. The smallest absolute Gasteiger partial charge is 0.157 e. The van der Waals surface area contributed by atoms with Gasteiger partial charge >= 0.3 is 0 Å². The van der Waals surface area contributed by atoms with Crippen LogP contribution in [0.1, 0.15) is 12.5 Å². The maximum atomic E-state index is 10.7. The molecule has 0 heterocycles. The summed E-state index contributed by atoms with van der Waals surface area (Å²) in [6, 6.07) is 7.04. The van der Waals surface area contributed by atoms with Crippen molar-refractivity contribution in [3.8, 4) is 0 Å². The summed E-state index contributed by atoms with van der Waals surface area (Å²) in [4.78, 5) is 10.7. The van der Waals surface area contributed by atoms with Gasteiger partial charge in [0.05, 0.1) is 0 Å². The monoisotopic (exact) mass is 243 g/mol. The molecule has 1 aromatic carbocycles. The van der Waals surface area contributed by atoms with Gasteiger partial charge in [0.15, 0.2) is 5.54 Å². The second kappa shape index (κ2) is 3.47. The number of carboxylic acids is 1. The van der Waals surface area contributed by atoms with Crippen molar-refractivity contribution >= 4 is 21.9 Å². The van der Waals surface area contributed by atoms with Crippen LogP contribution in [0.4, 0.5) is 0 Å². The topological polar surface area (TPSA) is 67.8 Å². The zero-order valence-corrected chi connectivity index (χ0v) is 8.80. The highest BCUT2D eigenvalue weighted by atomic mass is 79.9. The Bertz CT molecular complexity index is 336. The summed E-state index contributed by atoms with van der Waals surface area (Å²) in [5.74, 6) is -1.18. The Labute approximate surface area is 84.7 Å². The standard InChI is InChI=1S/C9H10BrNO2/c1-9(11,8(12)13)6-3-2-4-7(10)5-6/h2-5H,11H2,1H3,(H,12,13)/t9-/m1/s1. The Morgan fingerprint density at radius 3 is 2.69 bits per heavy atom. The van der Waals surface area contributed by atoms with Gasteiger partial charge in [0.25, 0.3) is 0 Å². The average molecular weight is 244 g/mol. The lowest BCUT2D eigenvalue weighted by molar-refractivity contribution is -0.489. The van der Waals surface area contributed by atoms with Crippen molar-refractivity contribution in [2.45, 2.75) is 12.5 Å². The minimum Gasteiger partial charge on any atom is -0.543 e. The van der Waals surface area contributed by atoms with Crippen LogP contribution in [0.5, 0.6) is 0 Å². The first-order chi connectivity index (χ1) is 5.94. The van der Waals surface area contributed by atoms with Crippen molar-refractivity contribution < 1.29 is 15.6 Å². The molecule has 1 aromatic rings. The molecule has 3 N–H and O–H groups in total. The van der Waals surface area contributed by atoms with E-state index in [2.05, 4.69) is 21.7 Å². The quantitative estimate of drug-likeness (QED) is 0.773. The molecule has 13 heavy (non-hydrogen) atoms. The Balaban J connectivity index is 3.14. The lowest BCUT2D eigenvalue weighted by atomic mass is 9.94. The van der Waals surface area contributed by atoms with E-state index in [0.29, 0.717) is 5.56 Å². The van der Waals surface area contributed by atoms with Crippen molar-refractivity contribution in [2.24, 2.45) is 0 Å². The maximum Gasteiger partial charge on any atom is 0.157 e. The molecule has 0 aromatic heterocycles. The number of quaternary nitrogens is 1. The lowest BCUT2D eigenvalue weighted by Crippen LogP contribution is -2.75. The molecule has 70 valence electrons. The number of carbonyl (C=O) groups is 1. The van der Waals surface area contributed by atoms with Gasteiger partial charge in [-0.05, 0) is 12.1 Å². The van der Waals surface area contributed by atoms with Gasteiger partial charge in [0.2, 0.25) is 0 Å². The summed E-state index contributed by atoms with van der Waals surface area (Å²) >= 11 is 3.26. The van der Waals surface area contributed by atoms with E-state index in [4.69, 9.17) is 0 Å². The summed E-state index contributed by atoms with van der Waals surface area (Å²) in [5.41, 5.74) is 3.03. The van der Waals surface area contributed by atoms with Crippen LogP contribution >= 0.6 is 15.9 Å². The summed E-state index contributed by atoms with van der Waals surface area (Å²) in [7, 11) is 0. The number of carbonyl (C=O) groups excluding carboxylic acids is 1. The third-order valence-corrected chi connectivity index (χ3v) is 2.41. The van der Waals surface area contributed by atoms with E-state index < -0.39 is 11.5 Å². The number of halogens is 1. The van der Waals surface area contributed by atoms with Gasteiger partial charge in [0.1, 0.15) is 5.97 Å². The van der Waals surface area contributed by atoms with E-state index in [-0.39, 0.29) is 0 Å². The molecule has 3 nitrogen and oxygen atoms in total. The van der Waals surface area contributed by atoms with E-state index in [9.17, 15) is 9.90 Å². The Morgan fingerprint density at radius 2 is 2.23 bits per heavy atom. The van der Waals surface area contributed by atoms with E-state index in [0.717, 1.165) is 4.47 Å². The highest BCUT2D eigenvalue weighted by Gasteiger charge is 2.27. The molecule has 0 aliphatic rings. The molecule has 0 saturated heterocycles. The average Bonchev–Trinajstić information content (AvgIpc) is 2.04. The lowest BCUT2D eigenvalue weighted by Gasteiger charge is -2.22. The minimum absolute atomic E-state index is 0.627. The molecule has 4 heteroatoms.